The Labute approximate surface area is 94.9 Å². The minimum atomic E-state index is 0.660. The van der Waals surface area contributed by atoms with E-state index in [2.05, 4.69) is 25.9 Å². The van der Waals surface area contributed by atoms with Gasteiger partial charge in [-0.3, -0.25) is 4.98 Å². The number of hydrogen-bond acceptors (Lipinski definition) is 2. The van der Waals surface area contributed by atoms with Crippen molar-refractivity contribution in [3.63, 3.8) is 0 Å². The van der Waals surface area contributed by atoms with Crippen molar-refractivity contribution in [3.05, 3.63) is 34.3 Å². The Bertz CT molecular complexity index is 467. The van der Waals surface area contributed by atoms with E-state index in [9.17, 15) is 0 Å². The number of hydrogen-bond donors (Lipinski definition) is 0. The number of halogens is 2. The lowest BCUT2D eigenvalue weighted by Gasteiger charge is -1.98. The second-order valence-electron chi connectivity index (χ2n) is 2.85. The molecule has 0 aromatic carbocycles. The summed E-state index contributed by atoms with van der Waals surface area (Å²) in [5.41, 5.74) is 1.57. The van der Waals surface area contributed by atoms with E-state index >= 15 is 0 Å². The molecule has 2 aromatic heterocycles. The van der Waals surface area contributed by atoms with Crippen molar-refractivity contribution in [2.24, 2.45) is 7.05 Å². The lowest BCUT2D eigenvalue weighted by Crippen LogP contribution is -1.86. The maximum Gasteiger partial charge on any atom is 0.121 e. The molecule has 0 amide bonds. The second kappa shape index (κ2) is 3.71. The van der Waals surface area contributed by atoms with Crippen LogP contribution in [0.1, 0.15) is 0 Å². The Morgan fingerprint density at radius 3 is 2.79 bits per heavy atom. The van der Waals surface area contributed by atoms with E-state index < -0.39 is 0 Å². The lowest BCUT2D eigenvalue weighted by atomic mass is 10.3. The van der Waals surface area contributed by atoms with E-state index in [1.54, 1.807) is 24.7 Å². The van der Waals surface area contributed by atoms with E-state index in [0.717, 1.165) is 16.0 Å². The summed E-state index contributed by atoms with van der Waals surface area (Å²) < 4.78 is 2.77. The molecule has 0 spiro atoms. The molecule has 0 saturated carbocycles. The average Bonchev–Trinajstić information content (AvgIpc) is 2.48. The van der Waals surface area contributed by atoms with Crippen LogP contribution in [0.3, 0.4) is 0 Å². The molecule has 2 heterocycles. The minimum Gasteiger partial charge on any atom is -0.328 e. The van der Waals surface area contributed by atoms with Crippen LogP contribution in [-0.2, 0) is 7.05 Å². The van der Waals surface area contributed by atoms with Crippen LogP contribution in [0.25, 0.3) is 11.4 Å². The Hall–Kier alpha value is -0.870. The fourth-order valence-electron chi connectivity index (χ4n) is 1.12. The normalized spacial score (nSPS) is 10.5. The second-order valence-corrected chi connectivity index (χ2v) is 4.04. The molecule has 0 radical (unpaired) electrons. The van der Waals surface area contributed by atoms with Gasteiger partial charge in [0.25, 0.3) is 0 Å². The van der Waals surface area contributed by atoms with E-state index in [0.29, 0.717) is 5.02 Å². The van der Waals surface area contributed by atoms with Crippen molar-refractivity contribution in [1.29, 1.82) is 0 Å². The fourth-order valence-corrected chi connectivity index (χ4v) is 1.68. The summed E-state index contributed by atoms with van der Waals surface area (Å²) in [4.78, 5) is 8.42. The number of aryl methyl sites for hydroxylation is 1. The predicted molar refractivity (Wildman–Crippen MR) is 59.1 cm³/mol. The first-order valence-corrected chi connectivity index (χ1v) is 5.14. The summed E-state index contributed by atoms with van der Waals surface area (Å²) >= 11 is 9.29. The first-order chi connectivity index (χ1) is 6.68. The largest absolute Gasteiger partial charge is 0.328 e. The first-order valence-electron chi connectivity index (χ1n) is 3.97. The van der Waals surface area contributed by atoms with Crippen LogP contribution in [0.2, 0.25) is 5.02 Å². The van der Waals surface area contributed by atoms with Crippen molar-refractivity contribution in [2.45, 2.75) is 0 Å². The summed E-state index contributed by atoms with van der Waals surface area (Å²) in [6, 6.07) is 3.52. The molecule has 0 N–H and O–H groups in total. The zero-order chi connectivity index (χ0) is 10.1. The maximum absolute atomic E-state index is 5.86. The van der Waals surface area contributed by atoms with Crippen molar-refractivity contribution in [3.8, 4) is 11.4 Å². The van der Waals surface area contributed by atoms with Gasteiger partial charge >= 0.3 is 0 Å². The molecule has 0 bridgehead atoms. The summed E-state index contributed by atoms with van der Waals surface area (Å²) in [6.07, 6.45) is 3.39. The first kappa shape index (κ1) is 9.68. The summed E-state index contributed by atoms with van der Waals surface area (Å²) in [6.45, 7) is 0. The van der Waals surface area contributed by atoms with Crippen LogP contribution >= 0.6 is 27.5 Å². The summed E-state index contributed by atoms with van der Waals surface area (Å²) in [5, 5.41) is 0.660. The smallest absolute Gasteiger partial charge is 0.121 e. The highest BCUT2D eigenvalue weighted by atomic mass is 79.9. The molecule has 72 valence electrons. The van der Waals surface area contributed by atoms with Crippen LogP contribution in [-0.4, -0.2) is 14.5 Å². The molecule has 2 rings (SSSR count). The van der Waals surface area contributed by atoms with E-state index in [-0.39, 0.29) is 0 Å². The molecule has 0 aliphatic carbocycles. The van der Waals surface area contributed by atoms with E-state index in [1.807, 2.05) is 11.6 Å². The molecule has 0 aliphatic rings. The summed E-state index contributed by atoms with van der Waals surface area (Å²) in [7, 11) is 1.91. The SMILES string of the molecule is Cn1cnc(-c2cc(Cl)ccn2)c1Br. The van der Waals surface area contributed by atoms with Crippen LogP contribution in [0.5, 0.6) is 0 Å². The quantitative estimate of drug-likeness (QED) is 0.799. The fraction of sp³-hybridized carbons (Fsp3) is 0.111. The zero-order valence-electron chi connectivity index (χ0n) is 7.41. The van der Waals surface area contributed by atoms with E-state index in [4.69, 9.17) is 11.6 Å². The van der Waals surface area contributed by atoms with Crippen LogP contribution in [0, 0.1) is 0 Å². The Morgan fingerprint density at radius 1 is 1.43 bits per heavy atom. The van der Waals surface area contributed by atoms with Gasteiger partial charge in [-0.1, -0.05) is 11.6 Å². The molecular weight excluding hydrogens is 265 g/mol. The molecule has 0 atom stereocenters. The highest BCUT2D eigenvalue weighted by Gasteiger charge is 2.09. The van der Waals surface area contributed by atoms with Gasteiger partial charge in [-0.2, -0.15) is 0 Å². The highest BCUT2D eigenvalue weighted by Crippen LogP contribution is 2.25. The van der Waals surface area contributed by atoms with Gasteiger partial charge in [0.2, 0.25) is 0 Å². The number of aromatic nitrogens is 3. The van der Waals surface area contributed by atoms with E-state index in [1.165, 1.54) is 0 Å². The minimum absolute atomic E-state index is 0.660. The van der Waals surface area contributed by atoms with Gasteiger partial charge < -0.3 is 4.57 Å². The molecule has 14 heavy (non-hydrogen) atoms. The van der Waals surface area contributed by atoms with Crippen molar-refractivity contribution >= 4 is 27.5 Å². The van der Waals surface area contributed by atoms with Gasteiger partial charge in [0.05, 0.1) is 12.0 Å². The molecule has 0 saturated heterocycles. The molecule has 0 unspecified atom stereocenters. The monoisotopic (exact) mass is 271 g/mol. The molecule has 5 heteroatoms. The Morgan fingerprint density at radius 2 is 2.21 bits per heavy atom. The standard InChI is InChI=1S/C9H7BrClN3/c1-14-5-13-8(9(14)10)7-4-6(11)2-3-12-7/h2-5H,1H3. The van der Waals surface area contributed by atoms with Crippen molar-refractivity contribution < 1.29 is 0 Å². The van der Waals surface area contributed by atoms with Crippen LogP contribution in [0.15, 0.2) is 29.3 Å². The van der Waals surface area contributed by atoms with Gasteiger partial charge in [-0.25, -0.2) is 4.98 Å². The third-order valence-corrected chi connectivity index (χ3v) is 3.00. The van der Waals surface area contributed by atoms with Gasteiger partial charge in [0, 0.05) is 18.3 Å². The summed E-state index contributed by atoms with van der Waals surface area (Å²) in [5.74, 6) is 0. The average molecular weight is 273 g/mol. The van der Waals surface area contributed by atoms with Gasteiger partial charge in [0.15, 0.2) is 0 Å². The van der Waals surface area contributed by atoms with Gasteiger partial charge in [0.1, 0.15) is 10.3 Å². The Kier molecular flexibility index (Phi) is 2.56. The number of imidazole rings is 1. The van der Waals surface area contributed by atoms with Gasteiger partial charge in [-0.15, -0.1) is 0 Å². The third kappa shape index (κ3) is 1.67. The molecule has 0 fully saturated rings. The third-order valence-electron chi connectivity index (χ3n) is 1.83. The van der Waals surface area contributed by atoms with Crippen molar-refractivity contribution in [1.82, 2.24) is 14.5 Å². The number of rotatable bonds is 1. The van der Waals surface area contributed by atoms with Gasteiger partial charge in [-0.05, 0) is 28.1 Å². The van der Waals surface area contributed by atoms with Crippen molar-refractivity contribution in [2.75, 3.05) is 0 Å². The molecular formula is C9H7BrClN3. The predicted octanol–water partition coefficient (Wildman–Crippen LogP) is 2.90. The molecule has 2 aromatic rings. The zero-order valence-corrected chi connectivity index (χ0v) is 9.75. The van der Waals surface area contributed by atoms with Crippen LogP contribution < -0.4 is 0 Å². The number of nitrogens with zero attached hydrogens (tertiary/aromatic N) is 3. The number of pyridine rings is 1. The molecule has 0 aliphatic heterocycles. The maximum atomic E-state index is 5.86. The molecule has 3 nitrogen and oxygen atoms in total. The Balaban J connectivity index is 2.55. The van der Waals surface area contributed by atoms with Crippen LogP contribution in [0.4, 0.5) is 0 Å². The topological polar surface area (TPSA) is 30.7 Å². The highest BCUT2D eigenvalue weighted by molar-refractivity contribution is 9.10. The lowest BCUT2D eigenvalue weighted by molar-refractivity contribution is 0.891.